The molecule has 1 aliphatic carbocycles. The topological polar surface area (TPSA) is 46.3 Å². The van der Waals surface area contributed by atoms with Gasteiger partial charge in [-0.1, -0.05) is 26.7 Å². The summed E-state index contributed by atoms with van der Waals surface area (Å²) in [6.07, 6.45) is 7.82. The minimum atomic E-state index is -0.0504. The number of hydrogen-bond donors (Lipinski definition) is 1. The predicted molar refractivity (Wildman–Crippen MR) is 74.1 cm³/mol. The van der Waals surface area contributed by atoms with Crippen molar-refractivity contribution >= 4 is 5.91 Å². The van der Waals surface area contributed by atoms with Gasteiger partial charge in [-0.2, -0.15) is 0 Å². The zero-order chi connectivity index (χ0) is 13.2. The first-order chi connectivity index (χ1) is 8.53. The molecule has 0 bridgehead atoms. The van der Waals surface area contributed by atoms with Crippen molar-refractivity contribution < 1.29 is 4.79 Å². The molecule has 1 saturated carbocycles. The van der Waals surface area contributed by atoms with Crippen LogP contribution in [0.15, 0.2) is 0 Å². The molecule has 0 radical (unpaired) electrons. The summed E-state index contributed by atoms with van der Waals surface area (Å²) < 4.78 is 0. The van der Waals surface area contributed by atoms with Crippen molar-refractivity contribution in [1.29, 1.82) is 0 Å². The highest BCUT2D eigenvalue weighted by atomic mass is 16.2. The van der Waals surface area contributed by atoms with Gasteiger partial charge in [0.2, 0.25) is 5.91 Å². The molecule has 0 spiro atoms. The Labute approximate surface area is 111 Å². The Hall–Kier alpha value is -0.570. The molecular formula is C15H28N2O. The fourth-order valence-corrected chi connectivity index (χ4v) is 3.87. The lowest BCUT2D eigenvalue weighted by Gasteiger charge is -2.39. The van der Waals surface area contributed by atoms with E-state index in [-0.39, 0.29) is 11.5 Å². The number of rotatable bonds is 3. The molecule has 1 saturated heterocycles. The van der Waals surface area contributed by atoms with E-state index in [0.29, 0.717) is 11.8 Å². The quantitative estimate of drug-likeness (QED) is 0.839. The van der Waals surface area contributed by atoms with Crippen LogP contribution in [0.1, 0.15) is 58.8 Å². The predicted octanol–water partition coefficient (Wildman–Crippen LogP) is 2.54. The van der Waals surface area contributed by atoms with E-state index >= 15 is 0 Å². The van der Waals surface area contributed by atoms with Crippen molar-refractivity contribution in [2.24, 2.45) is 17.1 Å². The first-order valence-corrected chi connectivity index (χ1v) is 7.58. The molecule has 0 aromatic heterocycles. The zero-order valence-corrected chi connectivity index (χ0v) is 12.0. The average molecular weight is 252 g/mol. The fraction of sp³-hybridized carbons (Fsp3) is 0.933. The van der Waals surface area contributed by atoms with Crippen LogP contribution in [0.2, 0.25) is 0 Å². The molecule has 18 heavy (non-hydrogen) atoms. The summed E-state index contributed by atoms with van der Waals surface area (Å²) in [6.45, 7) is 6.16. The van der Waals surface area contributed by atoms with Crippen LogP contribution in [0.3, 0.4) is 0 Å². The zero-order valence-electron chi connectivity index (χ0n) is 12.0. The van der Waals surface area contributed by atoms with Gasteiger partial charge in [-0.15, -0.1) is 0 Å². The van der Waals surface area contributed by atoms with Crippen LogP contribution in [0.25, 0.3) is 0 Å². The first-order valence-electron chi connectivity index (χ1n) is 7.58. The van der Waals surface area contributed by atoms with Crippen LogP contribution < -0.4 is 5.73 Å². The number of nitrogens with two attached hydrogens (primary N) is 1. The fourth-order valence-electron chi connectivity index (χ4n) is 3.87. The molecule has 1 heterocycles. The van der Waals surface area contributed by atoms with Crippen LogP contribution in [0.4, 0.5) is 0 Å². The van der Waals surface area contributed by atoms with E-state index in [4.69, 9.17) is 5.73 Å². The summed E-state index contributed by atoms with van der Waals surface area (Å²) in [5, 5.41) is 0. The molecule has 2 N–H and O–H groups in total. The second-order valence-electron chi connectivity index (χ2n) is 6.74. The number of amides is 1. The minimum absolute atomic E-state index is 0.0504. The lowest BCUT2D eigenvalue weighted by Crippen LogP contribution is -2.51. The maximum atomic E-state index is 12.9. The number of likely N-dealkylation sites (tertiary alicyclic amines) is 1. The number of piperidine rings is 1. The molecule has 3 heteroatoms. The molecule has 1 aliphatic heterocycles. The molecule has 0 unspecified atom stereocenters. The molecule has 2 fully saturated rings. The van der Waals surface area contributed by atoms with Gasteiger partial charge >= 0.3 is 0 Å². The van der Waals surface area contributed by atoms with E-state index in [1.54, 1.807) is 0 Å². The summed E-state index contributed by atoms with van der Waals surface area (Å²) >= 11 is 0. The van der Waals surface area contributed by atoms with E-state index in [0.717, 1.165) is 45.2 Å². The normalized spacial score (nSPS) is 27.8. The van der Waals surface area contributed by atoms with Gasteiger partial charge in [0.1, 0.15) is 0 Å². The van der Waals surface area contributed by atoms with E-state index in [1.165, 1.54) is 12.8 Å². The molecule has 1 atom stereocenters. The van der Waals surface area contributed by atoms with Gasteiger partial charge in [0.25, 0.3) is 0 Å². The molecule has 2 aliphatic rings. The Kier molecular flexibility index (Phi) is 4.31. The van der Waals surface area contributed by atoms with E-state index in [1.807, 2.05) is 0 Å². The van der Waals surface area contributed by atoms with E-state index in [2.05, 4.69) is 18.7 Å². The summed E-state index contributed by atoms with van der Waals surface area (Å²) in [6, 6.07) is 0.195. The van der Waals surface area contributed by atoms with Gasteiger partial charge in [-0.3, -0.25) is 4.79 Å². The molecule has 104 valence electrons. The number of carbonyl (C=O) groups is 1. The smallest absolute Gasteiger partial charge is 0.228 e. The van der Waals surface area contributed by atoms with E-state index < -0.39 is 0 Å². The van der Waals surface area contributed by atoms with Gasteiger partial charge < -0.3 is 10.6 Å². The van der Waals surface area contributed by atoms with Crippen molar-refractivity contribution in [3.05, 3.63) is 0 Å². The van der Waals surface area contributed by atoms with Crippen molar-refractivity contribution in [2.45, 2.75) is 64.8 Å². The molecule has 0 aromatic rings. The summed E-state index contributed by atoms with van der Waals surface area (Å²) in [7, 11) is 0. The Bertz CT molecular complexity index is 295. The Morgan fingerprint density at radius 1 is 1.33 bits per heavy atom. The summed E-state index contributed by atoms with van der Waals surface area (Å²) in [5.74, 6) is 1.01. The SMILES string of the molecule is CC(C)CC1(C(=O)N2CCC[C@@H](N)C2)CCCC1. The third kappa shape index (κ3) is 2.87. The van der Waals surface area contributed by atoms with Crippen molar-refractivity contribution in [2.75, 3.05) is 13.1 Å². The standard InChI is InChI=1S/C15H28N2O/c1-12(2)10-15(7-3-4-8-15)14(18)17-9-5-6-13(16)11-17/h12-13H,3-11,16H2,1-2H3/t13-/m1/s1. The second kappa shape index (κ2) is 5.60. The summed E-state index contributed by atoms with van der Waals surface area (Å²) in [4.78, 5) is 14.9. The average Bonchev–Trinajstić information content (AvgIpc) is 2.77. The van der Waals surface area contributed by atoms with Crippen LogP contribution in [-0.2, 0) is 4.79 Å². The van der Waals surface area contributed by atoms with Crippen molar-refractivity contribution in [1.82, 2.24) is 4.90 Å². The van der Waals surface area contributed by atoms with Crippen LogP contribution in [-0.4, -0.2) is 29.9 Å². The van der Waals surface area contributed by atoms with E-state index in [9.17, 15) is 4.79 Å². The van der Waals surface area contributed by atoms with Crippen molar-refractivity contribution in [3.63, 3.8) is 0 Å². The molecule has 0 aromatic carbocycles. The van der Waals surface area contributed by atoms with Crippen LogP contribution in [0, 0.1) is 11.3 Å². The Morgan fingerprint density at radius 3 is 2.56 bits per heavy atom. The number of carbonyl (C=O) groups excluding carboxylic acids is 1. The van der Waals surface area contributed by atoms with Gasteiger partial charge in [0, 0.05) is 24.5 Å². The van der Waals surface area contributed by atoms with Crippen LogP contribution in [0.5, 0.6) is 0 Å². The van der Waals surface area contributed by atoms with Gasteiger partial charge in [0.05, 0.1) is 0 Å². The lowest BCUT2D eigenvalue weighted by molar-refractivity contribution is -0.144. The van der Waals surface area contributed by atoms with Crippen LogP contribution >= 0.6 is 0 Å². The number of hydrogen-bond acceptors (Lipinski definition) is 2. The second-order valence-corrected chi connectivity index (χ2v) is 6.74. The van der Waals surface area contributed by atoms with Gasteiger partial charge in [0.15, 0.2) is 0 Å². The minimum Gasteiger partial charge on any atom is -0.341 e. The van der Waals surface area contributed by atoms with Gasteiger partial charge in [-0.25, -0.2) is 0 Å². The lowest BCUT2D eigenvalue weighted by atomic mass is 9.77. The highest BCUT2D eigenvalue weighted by Crippen LogP contribution is 2.44. The number of nitrogens with zero attached hydrogens (tertiary/aromatic N) is 1. The Balaban J connectivity index is 2.08. The molecular weight excluding hydrogens is 224 g/mol. The highest BCUT2D eigenvalue weighted by molar-refractivity contribution is 5.83. The van der Waals surface area contributed by atoms with Gasteiger partial charge in [-0.05, 0) is 38.0 Å². The summed E-state index contributed by atoms with van der Waals surface area (Å²) in [5.41, 5.74) is 5.96. The largest absolute Gasteiger partial charge is 0.341 e. The molecule has 1 amide bonds. The maximum Gasteiger partial charge on any atom is 0.228 e. The molecule has 2 rings (SSSR count). The Morgan fingerprint density at radius 2 is 2.00 bits per heavy atom. The molecule has 3 nitrogen and oxygen atoms in total. The monoisotopic (exact) mass is 252 g/mol. The van der Waals surface area contributed by atoms with Crippen molar-refractivity contribution in [3.8, 4) is 0 Å². The maximum absolute atomic E-state index is 12.9. The third-order valence-electron chi connectivity index (χ3n) is 4.56. The highest BCUT2D eigenvalue weighted by Gasteiger charge is 2.44. The first kappa shape index (κ1) is 13.9. The third-order valence-corrected chi connectivity index (χ3v) is 4.56.